The highest BCUT2D eigenvalue weighted by molar-refractivity contribution is 7.80. The van der Waals surface area contributed by atoms with E-state index >= 15 is 0 Å². The van der Waals surface area contributed by atoms with E-state index < -0.39 is 0 Å². The van der Waals surface area contributed by atoms with E-state index in [2.05, 4.69) is 18.7 Å². The van der Waals surface area contributed by atoms with Crippen molar-refractivity contribution in [1.82, 2.24) is 0 Å². The predicted molar refractivity (Wildman–Crippen MR) is 52.6 cm³/mol. The van der Waals surface area contributed by atoms with Crippen LogP contribution in [-0.2, 0) is 6.42 Å². The topological polar surface area (TPSA) is 23.8 Å². The van der Waals surface area contributed by atoms with Crippen molar-refractivity contribution >= 4 is 24.2 Å². The smallest absolute Gasteiger partial charge is 0.0625 e. The Morgan fingerprint density at radius 2 is 2.25 bits per heavy atom. The maximum Gasteiger partial charge on any atom is 0.0625 e. The van der Waals surface area contributed by atoms with E-state index in [1.54, 1.807) is 6.07 Å². The van der Waals surface area contributed by atoms with Gasteiger partial charge in [0.25, 0.3) is 0 Å². The number of nitrogens with zero attached hydrogens (tertiary/aromatic N) is 1. The quantitative estimate of drug-likeness (QED) is 0.724. The maximum absolute atomic E-state index is 8.36. The third kappa shape index (κ3) is 2.44. The molecule has 0 amide bonds. The summed E-state index contributed by atoms with van der Waals surface area (Å²) in [4.78, 5) is 0.770. The fraction of sp³-hybridized carbons (Fsp3) is 0.222. The standard InChI is InChI=1S/C9H8ClNS/c10-8-4-3-7(2-1-5-11)6-9(8)12/h3-4,6,12H,1-2H2. The Morgan fingerprint density at radius 1 is 1.50 bits per heavy atom. The van der Waals surface area contributed by atoms with Gasteiger partial charge in [0.15, 0.2) is 0 Å². The number of hydrogen-bond acceptors (Lipinski definition) is 2. The highest BCUT2D eigenvalue weighted by Gasteiger charge is 1.97. The molecule has 1 aromatic rings. The first-order chi connectivity index (χ1) is 5.74. The number of benzene rings is 1. The number of halogens is 1. The lowest BCUT2D eigenvalue weighted by atomic mass is 10.1. The zero-order chi connectivity index (χ0) is 8.97. The molecule has 0 spiro atoms. The van der Waals surface area contributed by atoms with Crippen LogP contribution in [0.3, 0.4) is 0 Å². The first kappa shape index (κ1) is 9.44. The van der Waals surface area contributed by atoms with E-state index in [0.717, 1.165) is 16.9 Å². The van der Waals surface area contributed by atoms with Crippen LogP contribution in [0.4, 0.5) is 0 Å². The zero-order valence-corrected chi connectivity index (χ0v) is 8.07. The van der Waals surface area contributed by atoms with Gasteiger partial charge in [0.05, 0.1) is 11.1 Å². The van der Waals surface area contributed by atoms with Crippen molar-refractivity contribution in [2.75, 3.05) is 0 Å². The highest BCUT2D eigenvalue weighted by Crippen LogP contribution is 2.21. The van der Waals surface area contributed by atoms with E-state index in [4.69, 9.17) is 16.9 Å². The minimum absolute atomic E-state index is 0.537. The van der Waals surface area contributed by atoms with E-state index in [9.17, 15) is 0 Å². The second kappa shape index (κ2) is 4.39. The molecule has 0 saturated heterocycles. The van der Waals surface area contributed by atoms with Crippen LogP contribution in [0.2, 0.25) is 5.02 Å². The number of nitriles is 1. The lowest BCUT2D eigenvalue weighted by Gasteiger charge is -2.00. The lowest BCUT2D eigenvalue weighted by molar-refractivity contribution is 1.00. The summed E-state index contributed by atoms with van der Waals surface area (Å²) >= 11 is 9.95. The van der Waals surface area contributed by atoms with Gasteiger partial charge in [-0.15, -0.1) is 12.6 Å². The normalized spacial score (nSPS) is 9.42. The molecule has 0 radical (unpaired) electrons. The van der Waals surface area contributed by atoms with Gasteiger partial charge in [-0.05, 0) is 24.1 Å². The lowest BCUT2D eigenvalue weighted by Crippen LogP contribution is -1.83. The van der Waals surface area contributed by atoms with Crippen molar-refractivity contribution in [3.8, 4) is 6.07 Å². The van der Waals surface area contributed by atoms with Gasteiger partial charge in [0.1, 0.15) is 0 Å². The Morgan fingerprint density at radius 3 is 2.83 bits per heavy atom. The monoisotopic (exact) mass is 197 g/mol. The average Bonchev–Trinajstić information content (AvgIpc) is 2.07. The third-order valence-corrected chi connectivity index (χ3v) is 2.37. The molecule has 0 fully saturated rings. The van der Waals surface area contributed by atoms with Gasteiger partial charge >= 0.3 is 0 Å². The third-order valence-electron chi connectivity index (χ3n) is 1.54. The summed E-state index contributed by atoms with van der Waals surface area (Å²) in [5.41, 5.74) is 1.10. The Balaban J connectivity index is 2.77. The number of thiol groups is 1. The van der Waals surface area contributed by atoms with Crippen LogP contribution < -0.4 is 0 Å². The van der Waals surface area contributed by atoms with Crippen LogP contribution in [0.25, 0.3) is 0 Å². The van der Waals surface area contributed by atoms with E-state index in [-0.39, 0.29) is 0 Å². The molecule has 3 heteroatoms. The summed E-state index contributed by atoms with van der Waals surface area (Å²) in [5.74, 6) is 0. The van der Waals surface area contributed by atoms with Gasteiger partial charge in [-0.1, -0.05) is 17.7 Å². The molecule has 12 heavy (non-hydrogen) atoms. The molecule has 0 aromatic heterocycles. The molecule has 62 valence electrons. The summed E-state index contributed by atoms with van der Waals surface area (Å²) in [7, 11) is 0. The second-order valence-electron chi connectivity index (χ2n) is 2.44. The molecule has 0 atom stereocenters. The summed E-state index contributed by atoms with van der Waals surface area (Å²) in [5, 5.41) is 9.01. The van der Waals surface area contributed by atoms with Crippen molar-refractivity contribution in [3.63, 3.8) is 0 Å². The molecule has 0 aliphatic heterocycles. The summed E-state index contributed by atoms with van der Waals surface area (Å²) < 4.78 is 0. The zero-order valence-electron chi connectivity index (χ0n) is 6.42. The van der Waals surface area contributed by atoms with Crippen molar-refractivity contribution in [2.24, 2.45) is 0 Å². The molecule has 0 heterocycles. The van der Waals surface area contributed by atoms with Gasteiger partial charge in [0.2, 0.25) is 0 Å². The van der Waals surface area contributed by atoms with Crippen LogP contribution in [0.15, 0.2) is 23.1 Å². The molecule has 0 saturated carbocycles. The van der Waals surface area contributed by atoms with Gasteiger partial charge in [-0.2, -0.15) is 5.26 Å². The van der Waals surface area contributed by atoms with Gasteiger partial charge in [0, 0.05) is 11.3 Å². The molecule has 0 aliphatic carbocycles. The largest absolute Gasteiger partial charge is 0.198 e. The summed E-state index contributed by atoms with van der Waals surface area (Å²) in [6.45, 7) is 0. The Kier molecular flexibility index (Phi) is 3.46. The number of hydrogen-bond donors (Lipinski definition) is 1. The molecule has 1 aromatic carbocycles. The van der Waals surface area contributed by atoms with Crippen molar-refractivity contribution in [2.45, 2.75) is 17.7 Å². The van der Waals surface area contributed by atoms with E-state index in [1.165, 1.54) is 0 Å². The second-order valence-corrected chi connectivity index (χ2v) is 3.33. The molecule has 1 rings (SSSR count). The van der Waals surface area contributed by atoms with Gasteiger partial charge in [-0.3, -0.25) is 0 Å². The van der Waals surface area contributed by atoms with Crippen LogP contribution in [-0.4, -0.2) is 0 Å². The molecule has 0 bridgehead atoms. The minimum atomic E-state index is 0.537. The Labute approximate surface area is 82.4 Å². The Hall–Kier alpha value is -0.650. The molecule has 0 aliphatic rings. The summed E-state index contributed by atoms with van der Waals surface area (Å²) in [6.07, 6.45) is 1.30. The molecular weight excluding hydrogens is 190 g/mol. The van der Waals surface area contributed by atoms with Crippen LogP contribution in [0, 0.1) is 11.3 Å². The molecule has 1 nitrogen and oxygen atoms in total. The van der Waals surface area contributed by atoms with Gasteiger partial charge in [-0.25, -0.2) is 0 Å². The van der Waals surface area contributed by atoms with E-state index in [1.807, 2.05) is 12.1 Å². The number of rotatable bonds is 2. The minimum Gasteiger partial charge on any atom is -0.198 e. The fourth-order valence-corrected chi connectivity index (χ4v) is 1.27. The first-order valence-electron chi connectivity index (χ1n) is 3.58. The molecular formula is C9H8ClNS. The van der Waals surface area contributed by atoms with E-state index in [0.29, 0.717) is 11.4 Å². The highest BCUT2D eigenvalue weighted by atomic mass is 35.5. The SMILES string of the molecule is N#CCCc1ccc(Cl)c(S)c1. The average molecular weight is 198 g/mol. The summed E-state index contributed by atoms with van der Waals surface area (Å²) in [6, 6.07) is 7.70. The van der Waals surface area contributed by atoms with Crippen molar-refractivity contribution in [3.05, 3.63) is 28.8 Å². The number of aryl methyl sites for hydroxylation is 1. The first-order valence-corrected chi connectivity index (χ1v) is 4.41. The van der Waals surface area contributed by atoms with Crippen LogP contribution >= 0.6 is 24.2 Å². The molecule has 0 unspecified atom stereocenters. The molecule has 0 N–H and O–H groups in total. The maximum atomic E-state index is 8.36. The van der Waals surface area contributed by atoms with Crippen LogP contribution in [0.5, 0.6) is 0 Å². The van der Waals surface area contributed by atoms with Crippen molar-refractivity contribution in [1.29, 1.82) is 5.26 Å². The van der Waals surface area contributed by atoms with Crippen molar-refractivity contribution < 1.29 is 0 Å². The fourth-order valence-electron chi connectivity index (χ4n) is 0.914. The Bertz CT molecular complexity index is 317. The van der Waals surface area contributed by atoms with Crippen LogP contribution in [0.1, 0.15) is 12.0 Å². The van der Waals surface area contributed by atoms with Gasteiger partial charge < -0.3 is 0 Å². The predicted octanol–water partition coefficient (Wildman–Crippen LogP) is 3.08.